The number of rotatable bonds is 3. The molecule has 0 aliphatic heterocycles. The molecule has 16 heavy (non-hydrogen) atoms. The molecule has 1 aliphatic rings. The van der Waals surface area contributed by atoms with E-state index in [2.05, 4.69) is 31.1 Å². The van der Waals surface area contributed by atoms with Crippen molar-refractivity contribution in [2.75, 3.05) is 14.1 Å². The molecule has 0 aromatic heterocycles. The van der Waals surface area contributed by atoms with Gasteiger partial charge in [0.05, 0.1) is 0 Å². The van der Waals surface area contributed by atoms with Gasteiger partial charge in [-0.05, 0) is 51.9 Å². The topological polar surface area (TPSA) is 20.3 Å². The quantitative estimate of drug-likeness (QED) is 0.726. The highest BCUT2D eigenvalue weighted by atomic mass is 16.1. The van der Waals surface area contributed by atoms with E-state index in [1.54, 1.807) is 6.92 Å². The summed E-state index contributed by atoms with van der Waals surface area (Å²) in [6, 6.07) is 8.09. The van der Waals surface area contributed by atoms with Gasteiger partial charge in [-0.1, -0.05) is 18.2 Å². The molecular weight excluding hydrogens is 198 g/mol. The van der Waals surface area contributed by atoms with E-state index >= 15 is 0 Å². The van der Waals surface area contributed by atoms with E-state index in [0.717, 1.165) is 5.56 Å². The third kappa shape index (κ3) is 1.67. The molecule has 2 rings (SSSR count). The van der Waals surface area contributed by atoms with Gasteiger partial charge < -0.3 is 0 Å². The van der Waals surface area contributed by atoms with Crippen LogP contribution in [-0.4, -0.2) is 24.8 Å². The van der Waals surface area contributed by atoms with E-state index in [-0.39, 0.29) is 11.3 Å². The maximum absolute atomic E-state index is 11.4. The van der Waals surface area contributed by atoms with E-state index in [9.17, 15) is 4.79 Å². The van der Waals surface area contributed by atoms with Crippen LogP contribution in [0.3, 0.4) is 0 Å². The molecule has 1 aromatic carbocycles. The normalized spacial score (nSPS) is 18.2. The first kappa shape index (κ1) is 11.3. The highest BCUT2D eigenvalue weighted by Gasteiger charge is 2.40. The summed E-state index contributed by atoms with van der Waals surface area (Å²) in [5.74, 6) is 0.148. The molecule has 0 heterocycles. The first-order valence-electron chi connectivity index (χ1n) is 5.85. The second-order valence-corrected chi connectivity index (χ2v) is 4.92. The van der Waals surface area contributed by atoms with Crippen LogP contribution in [0.15, 0.2) is 24.3 Å². The van der Waals surface area contributed by atoms with Gasteiger partial charge in [0, 0.05) is 11.1 Å². The van der Waals surface area contributed by atoms with E-state index in [0.29, 0.717) is 0 Å². The van der Waals surface area contributed by atoms with E-state index in [1.807, 2.05) is 12.1 Å². The summed E-state index contributed by atoms with van der Waals surface area (Å²) in [6.45, 7) is 1.63. The van der Waals surface area contributed by atoms with Crippen molar-refractivity contribution < 1.29 is 4.79 Å². The van der Waals surface area contributed by atoms with Crippen LogP contribution < -0.4 is 0 Å². The summed E-state index contributed by atoms with van der Waals surface area (Å²) in [6.07, 6.45) is 3.67. The lowest BCUT2D eigenvalue weighted by atomic mass is 9.70. The Labute approximate surface area is 97.3 Å². The molecular formula is C14H19NO. The summed E-state index contributed by atoms with van der Waals surface area (Å²) in [7, 11) is 4.25. The van der Waals surface area contributed by atoms with Gasteiger partial charge in [-0.15, -0.1) is 0 Å². The lowest BCUT2D eigenvalue weighted by Gasteiger charge is -2.48. The van der Waals surface area contributed by atoms with Crippen LogP contribution in [-0.2, 0) is 5.54 Å². The highest BCUT2D eigenvalue weighted by Crippen LogP contribution is 2.45. The van der Waals surface area contributed by atoms with Crippen molar-refractivity contribution in [1.82, 2.24) is 4.90 Å². The minimum absolute atomic E-state index is 0.148. The minimum Gasteiger partial charge on any atom is -0.300 e. The molecule has 0 spiro atoms. The molecule has 86 valence electrons. The van der Waals surface area contributed by atoms with Crippen LogP contribution in [0.2, 0.25) is 0 Å². The van der Waals surface area contributed by atoms with E-state index in [4.69, 9.17) is 0 Å². The van der Waals surface area contributed by atoms with Gasteiger partial charge in [0.1, 0.15) is 0 Å². The average Bonchev–Trinajstić information content (AvgIpc) is 2.15. The molecule has 0 amide bonds. The molecule has 0 saturated heterocycles. The fourth-order valence-electron chi connectivity index (χ4n) is 2.53. The molecule has 1 aromatic rings. The molecule has 1 saturated carbocycles. The summed E-state index contributed by atoms with van der Waals surface area (Å²) in [5, 5.41) is 0. The molecule has 2 nitrogen and oxygen atoms in total. The zero-order valence-electron chi connectivity index (χ0n) is 10.3. The van der Waals surface area contributed by atoms with Gasteiger partial charge >= 0.3 is 0 Å². The first-order chi connectivity index (χ1) is 7.56. The molecule has 1 fully saturated rings. The molecule has 0 radical (unpaired) electrons. The first-order valence-corrected chi connectivity index (χ1v) is 5.85. The van der Waals surface area contributed by atoms with Crippen molar-refractivity contribution >= 4 is 5.78 Å². The lowest BCUT2D eigenvalue weighted by molar-refractivity contribution is 0.0576. The van der Waals surface area contributed by atoms with Gasteiger partial charge in [0.2, 0.25) is 0 Å². The summed E-state index contributed by atoms with van der Waals surface area (Å²) in [5.41, 5.74) is 2.29. The van der Waals surface area contributed by atoms with Crippen LogP contribution in [0.5, 0.6) is 0 Å². The van der Waals surface area contributed by atoms with Gasteiger partial charge in [-0.2, -0.15) is 0 Å². The zero-order valence-corrected chi connectivity index (χ0v) is 10.3. The molecule has 1 aliphatic carbocycles. The van der Waals surface area contributed by atoms with Crippen molar-refractivity contribution in [3.8, 4) is 0 Å². The number of benzene rings is 1. The number of ketones is 1. The highest BCUT2D eigenvalue weighted by molar-refractivity contribution is 5.94. The number of carbonyl (C=O) groups excluding carboxylic acids is 1. The standard InChI is InChI=1S/C14H19NO/c1-11(16)12-6-4-7-13(10-12)14(15(2)3)8-5-9-14/h4,6-7,10H,5,8-9H2,1-3H3. The molecule has 2 heteroatoms. The fourth-order valence-corrected chi connectivity index (χ4v) is 2.53. The maximum atomic E-state index is 11.4. The Balaban J connectivity index is 2.39. The zero-order chi connectivity index (χ0) is 11.8. The fraction of sp³-hybridized carbons (Fsp3) is 0.500. The second-order valence-electron chi connectivity index (χ2n) is 4.92. The SMILES string of the molecule is CC(=O)c1cccc(C2(N(C)C)CCC2)c1. The third-order valence-corrected chi connectivity index (χ3v) is 3.84. The number of hydrogen-bond acceptors (Lipinski definition) is 2. The largest absolute Gasteiger partial charge is 0.300 e. The lowest BCUT2D eigenvalue weighted by Crippen LogP contribution is -2.47. The van der Waals surface area contributed by atoms with Crippen LogP contribution in [0.1, 0.15) is 42.1 Å². The van der Waals surface area contributed by atoms with Crippen molar-refractivity contribution in [2.24, 2.45) is 0 Å². The van der Waals surface area contributed by atoms with Crippen molar-refractivity contribution in [3.63, 3.8) is 0 Å². The minimum atomic E-state index is 0.148. The smallest absolute Gasteiger partial charge is 0.159 e. The Morgan fingerprint density at radius 3 is 2.44 bits per heavy atom. The van der Waals surface area contributed by atoms with Gasteiger partial charge in [-0.3, -0.25) is 9.69 Å². The van der Waals surface area contributed by atoms with Gasteiger partial charge in [0.25, 0.3) is 0 Å². The number of Topliss-reactive ketones (excluding diaryl/α,β-unsaturated/α-hetero) is 1. The number of nitrogens with zero attached hydrogens (tertiary/aromatic N) is 1. The van der Waals surface area contributed by atoms with Crippen molar-refractivity contribution in [3.05, 3.63) is 35.4 Å². The van der Waals surface area contributed by atoms with Crippen molar-refractivity contribution in [1.29, 1.82) is 0 Å². The Morgan fingerprint density at radius 1 is 1.31 bits per heavy atom. The second kappa shape index (κ2) is 4.02. The molecule has 0 bridgehead atoms. The number of carbonyl (C=O) groups is 1. The molecule has 0 N–H and O–H groups in total. The Kier molecular flexibility index (Phi) is 2.85. The van der Waals surface area contributed by atoms with Crippen LogP contribution >= 0.6 is 0 Å². The average molecular weight is 217 g/mol. The predicted octanol–water partition coefficient (Wildman–Crippen LogP) is 2.83. The summed E-state index contributed by atoms with van der Waals surface area (Å²) < 4.78 is 0. The molecule has 0 unspecified atom stereocenters. The monoisotopic (exact) mass is 217 g/mol. The number of hydrogen-bond donors (Lipinski definition) is 0. The Hall–Kier alpha value is -1.15. The van der Waals surface area contributed by atoms with Crippen LogP contribution in [0, 0.1) is 0 Å². The maximum Gasteiger partial charge on any atom is 0.159 e. The van der Waals surface area contributed by atoms with Gasteiger partial charge in [0.15, 0.2) is 5.78 Å². The Morgan fingerprint density at radius 2 is 2.00 bits per heavy atom. The molecule has 0 atom stereocenters. The summed E-state index contributed by atoms with van der Waals surface area (Å²) in [4.78, 5) is 13.7. The van der Waals surface area contributed by atoms with E-state index in [1.165, 1.54) is 24.8 Å². The summed E-state index contributed by atoms with van der Waals surface area (Å²) >= 11 is 0. The van der Waals surface area contributed by atoms with Gasteiger partial charge in [-0.25, -0.2) is 0 Å². The third-order valence-electron chi connectivity index (χ3n) is 3.84. The van der Waals surface area contributed by atoms with Crippen LogP contribution in [0.25, 0.3) is 0 Å². The van der Waals surface area contributed by atoms with Crippen molar-refractivity contribution in [2.45, 2.75) is 31.7 Å². The van der Waals surface area contributed by atoms with E-state index < -0.39 is 0 Å². The Bertz CT molecular complexity index is 405. The van der Waals surface area contributed by atoms with Crippen LogP contribution in [0.4, 0.5) is 0 Å². The predicted molar refractivity (Wildman–Crippen MR) is 65.7 cm³/mol.